The number of para-hydroxylation sites is 1. The van der Waals surface area contributed by atoms with Crippen molar-refractivity contribution >= 4 is 11.6 Å². The molecule has 5 nitrogen and oxygen atoms in total. The van der Waals surface area contributed by atoms with E-state index in [1.54, 1.807) is 7.11 Å². The maximum Gasteiger partial charge on any atom is 0.238 e. The van der Waals surface area contributed by atoms with E-state index in [4.69, 9.17) is 9.47 Å². The minimum atomic E-state index is -0.0401. The lowest BCUT2D eigenvalue weighted by Crippen LogP contribution is -2.35. The minimum absolute atomic E-state index is 0.0401. The fourth-order valence-electron chi connectivity index (χ4n) is 2.24. The van der Waals surface area contributed by atoms with Crippen LogP contribution in [-0.4, -0.2) is 44.2 Å². The largest absolute Gasteiger partial charge is 0.497 e. The molecule has 0 aliphatic carbocycles. The van der Waals surface area contributed by atoms with Crippen molar-refractivity contribution in [3.05, 3.63) is 54.6 Å². The summed E-state index contributed by atoms with van der Waals surface area (Å²) in [6, 6.07) is 17.0. The number of likely N-dealkylation sites (N-methyl/N-ethyl adjacent to an activating group) is 1. The van der Waals surface area contributed by atoms with E-state index in [0.29, 0.717) is 19.7 Å². The molecule has 2 aromatic carbocycles. The lowest BCUT2D eigenvalue weighted by atomic mass is 10.3. The van der Waals surface area contributed by atoms with Gasteiger partial charge in [-0.3, -0.25) is 9.69 Å². The second-order valence-electron chi connectivity index (χ2n) is 5.31. The van der Waals surface area contributed by atoms with Crippen molar-refractivity contribution in [3.63, 3.8) is 0 Å². The van der Waals surface area contributed by atoms with Gasteiger partial charge in [-0.05, 0) is 42.9 Å². The Balaban J connectivity index is 1.75. The van der Waals surface area contributed by atoms with Crippen molar-refractivity contribution < 1.29 is 14.3 Å². The van der Waals surface area contributed by atoms with Gasteiger partial charge in [0.25, 0.3) is 0 Å². The Morgan fingerprint density at radius 3 is 2.38 bits per heavy atom. The average molecular weight is 328 g/mol. The molecular weight excluding hydrogens is 304 g/mol. The number of ether oxygens (including phenoxy) is 2. The molecule has 0 aliphatic heterocycles. The molecule has 2 aromatic rings. The smallest absolute Gasteiger partial charge is 0.238 e. The van der Waals surface area contributed by atoms with Gasteiger partial charge in [0.05, 0.1) is 13.7 Å². The molecule has 0 bridgehead atoms. The molecule has 0 heterocycles. The Labute approximate surface area is 143 Å². The second-order valence-corrected chi connectivity index (χ2v) is 5.31. The first kappa shape index (κ1) is 17.8. The molecule has 1 N–H and O–H groups in total. The quantitative estimate of drug-likeness (QED) is 0.769. The molecule has 0 fully saturated rings. The summed E-state index contributed by atoms with van der Waals surface area (Å²) >= 11 is 0. The number of amides is 1. The number of hydrogen-bond acceptors (Lipinski definition) is 4. The summed E-state index contributed by atoms with van der Waals surface area (Å²) in [7, 11) is 1.62. The van der Waals surface area contributed by atoms with Gasteiger partial charge in [-0.25, -0.2) is 0 Å². The SMILES string of the molecule is CCN(CCOc1ccccc1)CC(=O)Nc1ccc(OC)cc1. The summed E-state index contributed by atoms with van der Waals surface area (Å²) in [4.78, 5) is 14.2. The molecule has 0 spiro atoms. The van der Waals surface area contributed by atoms with Gasteiger partial charge < -0.3 is 14.8 Å². The Kier molecular flexibility index (Phi) is 7.11. The fraction of sp³-hybridized carbons (Fsp3) is 0.316. The van der Waals surface area contributed by atoms with Crippen molar-refractivity contribution in [1.82, 2.24) is 4.90 Å². The molecule has 0 radical (unpaired) electrons. The molecule has 0 aromatic heterocycles. The number of hydrogen-bond donors (Lipinski definition) is 1. The summed E-state index contributed by atoms with van der Waals surface area (Å²) in [6.07, 6.45) is 0. The third kappa shape index (κ3) is 5.93. The van der Waals surface area contributed by atoms with E-state index in [2.05, 4.69) is 5.32 Å². The molecule has 5 heteroatoms. The third-order valence-electron chi connectivity index (χ3n) is 3.61. The Morgan fingerprint density at radius 1 is 1.04 bits per heavy atom. The highest BCUT2D eigenvalue weighted by Gasteiger charge is 2.09. The Bertz CT molecular complexity index is 614. The average Bonchev–Trinajstić information content (AvgIpc) is 2.62. The normalized spacial score (nSPS) is 10.5. The number of nitrogens with zero attached hydrogens (tertiary/aromatic N) is 1. The van der Waals surface area contributed by atoms with Gasteiger partial charge in [-0.15, -0.1) is 0 Å². The van der Waals surface area contributed by atoms with Crippen LogP contribution in [-0.2, 0) is 4.79 Å². The molecular formula is C19H24N2O3. The maximum atomic E-state index is 12.1. The van der Waals surface area contributed by atoms with E-state index in [-0.39, 0.29) is 5.91 Å². The number of methoxy groups -OCH3 is 1. The summed E-state index contributed by atoms with van der Waals surface area (Å²) < 4.78 is 10.8. The fourth-order valence-corrected chi connectivity index (χ4v) is 2.24. The van der Waals surface area contributed by atoms with E-state index in [1.165, 1.54) is 0 Å². The zero-order valence-corrected chi connectivity index (χ0v) is 14.2. The minimum Gasteiger partial charge on any atom is -0.497 e. The van der Waals surface area contributed by atoms with Crippen LogP contribution in [0.5, 0.6) is 11.5 Å². The third-order valence-corrected chi connectivity index (χ3v) is 3.61. The lowest BCUT2D eigenvalue weighted by molar-refractivity contribution is -0.117. The first-order chi connectivity index (χ1) is 11.7. The monoisotopic (exact) mass is 328 g/mol. The number of nitrogens with one attached hydrogen (secondary N) is 1. The van der Waals surface area contributed by atoms with Gasteiger partial charge in [0.1, 0.15) is 18.1 Å². The van der Waals surface area contributed by atoms with Crippen LogP contribution in [0.25, 0.3) is 0 Å². The van der Waals surface area contributed by atoms with E-state index >= 15 is 0 Å². The standard InChI is InChI=1S/C19H24N2O3/c1-3-21(13-14-24-18-7-5-4-6-8-18)15-19(22)20-16-9-11-17(23-2)12-10-16/h4-12H,3,13-15H2,1-2H3,(H,20,22). The molecule has 0 atom stereocenters. The Hall–Kier alpha value is -2.53. The van der Waals surface area contributed by atoms with Crippen LogP contribution < -0.4 is 14.8 Å². The van der Waals surface area contributed by atoms with Gasteiger partial charge in [0, 0.05) is 12.2 Å². The van der Waals surface area contributed by atoms with Crippen molar-refractivity contribution in [2.45, 2.75) is 6.92 Å². The van der Waals surface area contributed by atoms with Crippen molar-refractivity contribution in [1.29, 1.82) is 0 Å². The number of benzene rings is 2. The predicted octanol–water partition coefficient (Wildman–Crippen LogP) is 3.03. The van der Waals surface area contributed by atoms with Crippen LogP contribution in [0.3, 0.4) is 0 Å². The predicted molar refractivity (Wildman–Crippen MR) is 95.7 cm³/mol. The molecule has 2 rings (SSSR count). The zero-order valence-electron chi connectivity index (χ0n) is 14.2. The van der Waals surface area contributed by atoms with E-state index in [0.717, 1.165) is 23.7 Å². The van der Waals surface area contributed by atoms with E-state index < -0.39 is 0 Å². The zero-order chi connectivity index (χ0) is 17.2. The topological polar surface area (TPSA) is 50.8 Å². The van der Waals surface area contributed by atoms with Gasteiger partial charge >= 0.3 is 0 Å². The van der Waals surface area contributed by atoms with Crippen molar-refractivity contribution in [3.8, 4) is 11.5 Å². The van der Waals surface area contributed by atoms with Crippen LogP contribution in [0.4, 0.5) is 5.69 Å². The van der Waals surface area contributed by atoms with Crippen molar-refractivity contribution in [2.24, 2.45) is 0 Å². The molecule has 0 saturated carbocycles. The first-order valence-corrected chi connectivity index (χ1v) is 8.05. The van der Waals surface area contributed by atoms with Gasteiger partial charge in [0.15, 0.2) is 0 Å². The number of carbonyl (C=O) groups excluding carboxylic acids is 1. The molecule has 0 saturated heterocycles. The van der Waals surface area contributed by atoms with E-state index in [1.807, 2.05) is 66.4 Å². The molecule has 0 aliphatic rings. The van der Waals surface area contributed by atoms with Crippen LogP contribution in [0, 0.1) is 0 Å². The number of carbonyl (C=O) groups is 1. The summed E-state index contributed by atoms with van der Waals surface area (Å²) in [5.41, 5.74) is 0.761. The Morgan fingerprint density at radius 2 is 1.75 bits per heavy atom. The van der Waals surface area contributed by atoms with Crippen LogP contribution >= 0.6 is 0 Å². The van der Waals surface area contributed by atoms with E-state index in [9.17, 15) is 4.79 Å². The van der Waals surface area contributed by atoms with Crippen LogP contribution in [0.2, 0.25) is 0 Å². The van der Waals surface area contributed by atoms with Crippen LogP contribution in [0.1, 0.15) is 6.92 Å². The molecule has 0 unspecified atom stereocenters. The van der Waals surface area contributed by atoms with Gasteiger partial charge in [-0.2, -0.15) is 0 Å². The number of anilines is 1. The molecule has 24 heavy (non-hydrogen) atoms. The number of rotatable bonds is 9. The maximum absolute atomic E-state index is 12.1. The summed E-state index contributed by atoms with van der Waals surface area (Å²) in [5, 5.41) is 2.89. The lowest BCUT2D eigenvalue weighted by Gasteiger charge is -2.20. The summed E-state index contributed by atoms with van der Waals surface area (Å²) in [5.74, 6) is 1.57. The highest BCUT2D eigenvalue weighted by Crippen LogP contribution is 2.15. The second kappa shape index (κ2) is 9.57. The molecule has 128 valence electrons. The van der Waals surface area contributed by atoms with Gasteiger partial charge in [-0.1, -0.05) is 25.1 Å². The summed E-state index contributed by atoms with van der Waals surface area (Å²) in [6.45, 7) is 4.40. The van der Waals surface area contributed by atoms with Crippen molar-refractivity contribution in [2.75, 3.05) is 38.7 Å². The highest BCUT2D eigenvalue weighted by molar-refractivity contribution is 5.92. The van der Waals surface area contributed by atoms with Gasteiger partial charge in [0.2, 0.25) is 5.91 Å². The highest BCUT2D eigenvalue weighted by atomic mass is 16.5. The first-order valence-electron chi connectivity index (χ1n) is 8.05. The molecule has 1 amide bonds. The van der Waals surface area contributed by atoms with Crippen LogP contribution in [0.15, 0.2) is 54.6 Å².